The minimum atomic E-state index is -3.65. The van der Waals surface area contributed by atoms with E-state index in [1.807, 2.05) is 12.2 Å². The Morgan fingerprint density at radius 2 is 2.00 bits per heavy atom. The average Bonchev–Trinajstić information content (AvgIpc) is 2.41. The van der Waals surface area contributed by atoms with Gasteiger partial charge >= 0.3 is 0 Å². The topological polar surface area (TPSA) is 58.5 Å². The van der Waals surface area contributed by atoms with Gasteiger partial charge in [-0.1, -0.05) is 58.4 Å². The van der Waals surface area contributed by atoms with Crippen molar-refractivity contribution in [3.05, 3.63) is 54.6 Å². The zero-order valence-corrected chi connectivity index (χ0v) is 13.4. The number of alkyl halides is 2. The summed E-state index contributed by atoms with van der Waals surface area (Å²) in [7, 11) is -3.65. The number of hydrazone groups is 1. The summed E-state index contributed by atoms with van der Waals surface area (Å²) in [4.78, 5) is 2.32. The lowest BCUT2D eigenvalue weighted by Gasteiger charge is -2.23. The van der Waals surface area contributed by atoms with Crippen LogP contribution < -0.4 is 4.83 Å². The van der Waals surface area contributed by atoms with E-state index in [-0.39, 0.29) is 10.8 Å². The van der Waals surface area contributed by atoms with Gasteiger partial charge in [0.1, 0.15) is 3.78 Å². The normalized spacial score (nSPS) is 26.0. The van der Waals surface area contributed by atoms with Gasteiger partial charge in [-0.3, -0.25) is 0 Å². The van der Waals surface area contributed by atoms with Crippen molar-refractivity contribution in [3.63, 3.8) is 0 Å². The van der Waals surface area contributed by atoms with E-state index < -0.39 is 13.8 Å². The lowest BCUT2D eigenvalue weighted by Crippen LogP contribution is -2.26. The van der Waals surface area contributed by atoms with E-state index in [2.05, 4.69) is 25.9 Å². The van der Waals surface area contributed by atoms with E-state index in [9.17, 15) is 8.42 Å². The summed E-state index contributed by atoms with van der Waals surface area (Å²) in [6.07, 6.45) is 8.66. The van der Waals surface area contributed by atoms with Gasteiger partial charge in [0, 0.05) is 12.1 Å². The van der Waals surface area contributed by atoms with Crippen LogP contribution in [0.25, 0.3) is 0 Å². The molecule has 1 aliphatic rings. The molecule has 1 N–H and O–H groups in total. The van der Waals surface area contributed by atoms with Crippen molar-refractivity contribution in [2.75, 3.05) is 0 Å². The Morgan fingerprint density at radius 1 is 1.30 bits per heavy atom. The van der Waals surface area contributed by atoms with Gasteiger partial charge in [-0.05, 0) is 12.1 Å². The zero-order chi connectivity index (χ0) is 14.6. The molecule has 2 unspecified atom stereocenters. The van der Waals surface area contributed by atoms with Crippen molar-refractivity contribution in [1.82, 2.24) is 4.83 Å². The number of rotatable bonds is 4. The van der Waals surface area contributed by atoms with E-state index in [1.165, 1.54) is 18.3 Å². The lowest BCUT2D eigenvalue weighted by atomic mass is 10.0. The molecule has 0 amide bonds. The van der Waals surface area contributed by atoms with Crippen LogP contribution in [0, 0.1) is 5.92 Å². The summed E-state index contributed by atoms with van der Waals surface area (Å²) >= 11 is 9.56. The summed E-state index contributed by atoms with van der Waals surface area (Å²) in [5.74, 6) is -0.257. The minimum Gasteiger partial charge on any atom is -0.200 e. The molecule has 1 aliphatic carbocycles. The van der Waals surface area contributed by atoms with Crippen molar-refractivity contribution in [1.29, 1.82) is 0 Å². The minimum absolute atomic E-state index is 0.159. The van der Waals surface area contributed by atoms with Crippen LogP contribution in [0.4, 0.5) is 0 Å². The van der Waals surface area contributed by atoms with Crippen molar-refractivity contribution in [2.24, 2.45) is 11.0 Å². The Balaban J connectivity index is 2.07. The summed E-state index contributed by atoms with van der Waals surface area (Å²) in [6, 6.07) is 8.04. The fraction of sp³-hybridized carbons (Fsp3) is 0.154. The first-order valence-corrected chi connectivity index (χ1v) is 8.41. The number of sulfonamides is 1. The Kier molecular flexibility index (Phi) is 4.67. The maximum Gasteiger partial charge on any atom is 0.276 e. The molecule has 4 nitrogen and oxygen atoms in total. The highest BCUT2D eigenvalue weighted by molar-refractivity contribution is 9.10. The first-order chi connectivity index (χ1) is 9.42. The largest absolute Gasteiger partial charge is 0.276 e. The van der Waals surface area contributed by atoms with Gasteiger partial charge in [-0.25, -0.2) is 4.83 Å². The van der Waals surface area contributed by atoms with Gasteiger partial charge in [0.2, 0.25) is 0 Å². The molecule has 20 heavy (non-hydrogen) atoms. The average molecular weight is 376 g/mol. The van der Waals surface area contributed by atoms with E-state index in [1.54, 1.807) is 30.4 Å². The molecular formula is C13H12BrClN2O2S. The van der Waals surface area contributed by atoms with Gasteiger partial charge in [0.15, 0.2) is 0 Å². The molecule has 1 aromatic rings. The molecule has 0 spiro atoms. The molecule has 0 radical (unpaired) electrons. The predicted molar refractivity (Wildman–Crippen MR) is 84.5 cm³/mol. The zero-order valence-electron chi connectivity index (χ0n) is 10.3. The summed E-state index contributed by atoms with van der Waals surface area (Å²) in [5, 5.41) is 3.78. The number of benzene rings is 1. The van der Waals surface area contributed by atoms with Crippen LogP contribution >= 0.6 is 27.5 Å². The van der Waals surface area contributed by atoms with Crippen LogP contribution in [-0.2, 0) is 10.0 Å². The number of nitrogens with one attached hydrogen (secondary N) is 1. The molecule has 0 bridgehead atoms. The van der Waals surface area contributed by atoms with Gasteiger partial charge in [0.25, 0.3) is 10.0 Å². The molecular weight excluding hydrogens is 364 g/mol. The fourth-order valence-corrected chi connectivity index (χ4v) is 3.03. The quantitative estimate of drug-likeness (QED) is 0.499. The molecule has 0 aliphatic heterocycles. The van der Waals surface area contributed by atoms with E-state index >= 15 is 0 Å². The van der Waals surface area contributed by atoms with Crippen LogP contribution in [-0.4, -0.2) is 18.4 Å². The van der Waals surface area contributed by atoms with E-state index in [4.69, 9.17) is 11.6 Å². The number of allylic oxidation sites excluding steroid dienone is 4. The van der Waals surface area contributed by atoms with Gasteiger partial charge in [-0.15, -0.1) is 11.6 Å². The molecule has 2 rings (SSSR count). The van der Waals surface area contributed by atoms with E-state index in [0.717, 1.165) is 0 Å². The van der Waals surface area contributed by atoms with Crippen LogP contribution in [0.3, 0.4) is 0 Å². The maximum atomic E-state index is 11.9. The molecule has 106 valence electrons. The van der Waals surface area contributed by atoms with Crippen LogP contribution in [0.1, 0.15) is 0 Å². The SMILES string of the molecule is O=S(=O)(NN=CC1C=CC=CC1(Cl)Br)c1ccccc1. The van der Waals surface area contributed by atoms with Crippen LogP contribution in [0.5, 0.6) is 0 Å². The van der Waals surface area contributed by atoms with Crippen molar-refractivity contribution < 1.29 is 8.42 Å². The Bertz CT molecular complexity index is 654. The van der Waals surface area contributed by atoms with Crippen LogP contribution in [0.2, 0.25) is 0 Å². The van der Waals surface area contributed by atoms with E-state index in [0.29, 0.717) is 0 Å². The Morgan fingerprint density at radius 3 is 2.65 bits per heavy atom. The Labute approximate surface area is 131 Å². The molecule has 0 fully saturated rings. The van der Waals surface area contributed by atoms with Crippen LogP contribution in [0.15, 0.2) is 64.6 Å². The number of halogens is 2. The second-order valence-electron chi connectivity index (χ2n) is 4.13. The van der Waals surface area contributed by atoms with Gasteiger partial charge in [-0.2, -0.15) is 13.5 Å². The van der Waals surface area contributed by atoms with Crippen molar-refractivity contribution in [2.45, 2.75) is 8.68 Å². The third-order valence-corrected chi connectivity index (χ3v) is 5.06. The first-order valence-electron chi connectivity index (χ1n) is 5.76. The molecule has 0 aromatic heterocycles. The smallest absolute Gasteiger partial charge is 0.200 e. The number of hydrogen-bond donors (Lipinski definition) is 1. The van der Waals surface area contributed by atoms with Crippen molar-refractivity contribution in [3.8, 4) is 0 Å². The highest BCUT2D eigenvalue weighted by Gasteiger charge is 2.30. The summed E-state index contributed by atoms with van der Waals surface area (Å²) in [5.41, 5.74) is 0. The monoisotopic (exact) mass is 374 g/mol. The third-order valence-electron chi connectivity index (χ3n) is 2.65. The lowest BCUT2D eigenvalue weighted by molar-refractivity contribution is 0.584. The molecule has 0 saturated carbocycles. The number of nitrogens with zero attached hydrogens (tertiary/aromatic N) is 1. The second-order valence-corrected chi connectivity index (χ2v) is 8.19. The summed E-state index contributed by atoms with van der Waals surface area (Å²) in [6.45, 7) is 0. The predicted octanol–water partition coefficient (Wildman–Crippen LogP) is 3.02. The summed E-state index contributed by atoms with van der Waals surface area (Å²) < 4.78 is 23.1. The second kappa shape index (κ2) is 6.11. The van der Waals surface area contributed by atoms with Crippen molar-refractivity contribution >= 4 is 43.8 Å². The standard InChI is InChI=1S/C13H12BrClN2O2S/c14-13(15)9-5-4-6-11(13)10-16-17-20(18,19)12-7-2-1-3-8-12/h1-11,17H. The highest BCUT2D eigenvalue weighted by Crippen LogP contribution is 2.36. The molecule has 0 saturated heterocycles. The van der Waals surface area contributed by atoms with Gasteiger partial charge < -0.3 is 0 Å². The maximum absolute atomic E-state index is 11.9. The molecule has 7 heteroatoms. The first kappa shape index (κ1) is 15.3. The molecule has 0 heterocycles. The highest BCUT2D eigenvalue weighted by atomic mass is 79.9. The van der Waals surface area contributed by atoms with Gasteiger partial charge in [0.05, 0.1) is 4.90 Å². The molecule has 1 aromatic carbocycles. The fourth-order valence-electron chi connectivity index (χ4n) is 1.59. The number of hydrogen-bond acceptors (Lipinski definition) is 3. The third kappa shape index (κ3) is 3.71. The Hall–Kier alpha value is -1.11. The molecule has 2 atom stereocenters.